The molecule has 0 spiro atoms. The standard InChI is InChI=1S/C33H46N2O3/c1-37-29-14-9-13-27(20-29)33-18-19-35(23-26-16-17-26)24-30(33)31(38-2)21-28(22-33)34-32(36)15-8-4-7-12-25-10-5-3-6-11-25/h3,5-6,9-11,13-14,20,26,28,30-31H,4,7-8,12,15-19,21-24H2,1-2H3,(H,34,36)/t28-,30-,31?,33-/m0/s1. The molecule has 0 bridgehead atoms. The van der Waals surface area contributed by atoms with Gasteiger partial charge in [-0.1, -0.05) is 48.9 Å². The van der Waals surface area contributed by atoms with E-state index in [0.29, 0.717) is 12.3 Å². The molecule has 1 amide bonds. The molecule has 1 unspecified atom stereocenters. The molecule has 2 saturated carbocycles. The quantitative estimate of drug-likeness (QED) is 0.363. The fraction of sp³-hybridized carbons (Fsp3) is 0.606. The van der Waals surface area contributed by atoms with Crippen molar-refractivity contribution in [3.05, 3.63) is 65.7 Å². The number of hydrogen-bond acceptors (Lipinski definition) is 4. The van der Waals surface area contributed by atoms with E-state index in [0.717, 1.165) is 69.7 Å². The highest BCUT2D eigenvalue weighted by atomic mass is 16.5. The van der Waals surface area contributed by atoms with Gasteiger partial charge in [-0.3, -0.25) is 4.79 Å². The largest absolute Gasteiger partial charge is 0.497 e. The van der Waals surface area contributed by atoms with Crippen LogP contribution in [0.25, 0.3) is 0 Å². The SMILES string of the molecule is COc1cccc([C@@]23CCN(CC4CC4)C[C@H]2C(OC)C[C@H](NC(=O)CCCCCc2ccccc2)C3)c1. The Hall–Kier alpha value is -2.37. The molecule has 4 atom stereocenters. The number of piperidine rings is 1. The first kappa shape index (κ1) is 27.2. The Morgan fingerprint density at radius 2 is 1.89 bits per heavy atom. The van der Waals surface area contributed by atoms with Crippen molar-refractivity contribution in [2.24, 2.45) is 11.8 Å². The number of unbranched alkanes of at least 4 members (excludes halogenated alkanes) is 2. The van der Waals surface area contributed by atoms with Crippen LogP contribution in [0.5, 0.6) is 5.75 Å². The molecular formula is C33H46N2O3. The topological polar surface area (TPSA) is 50.8 Å². The van der Waals surface area contributed by atoms with Gasteiger partial charge in [0.2, 0.25) is 5.91 Å². The molecule has 38 heavy (non-hydrogen) atoms. The molecule has 2 aliphatic carbocycles. The van der Waals surface area contributed by atoms with Crippen LogP contribution in [0.1, 0.15) is 68.9 Å². The lowest BCUT2D eigenvalue weighted by Gasteiger charge is -2.55. The fourth-order valence-electron chi connectivity index (χ4n) is 7.13. The van der Waals surface area contributed by atoms with Crippen molar-refractivity contribution in [3.63, 3.8) is 0 Å². The second-order valence-electron chi connectivity index (χ2n) is 12.0. The van der Waals surface area contributed by atoms with Crippen LogP contribution < -0.4 is 10.1 Å². The van der Waals surface area contributed by atoms with Gasteiger partial charge in [0, 0.05) is 44.0 Å². The number of hydrogen-bond donors (Lipinski definition) is 1. The van der Waals surface area contributed by atoms with Crippen LogP contribution in [0.4, 0.5) is 0 Å². The molecule has 5 rings (SSSR count). The highest BCUT2D eigenvalue weighted by molar-refractivity contribution is 5.76. The molecule has 1 aliphatic heterocycles. The molecule has 5 heteroatoms. The zero-order chi connectivity index (χ0) is 26.4. The van der Waals surface area contributed by atoms with Gasteiger partial charge in [0.05, 0.1) is 13.2 Å². The minimum Gasteiger partial charge on any atom is -0.497 e. The second-order valence-corrected chi connectivity index (χ2v) is 12.0. The number of nitrogens with one attached hydrogen (secondary N) is 1. The number of nitrogens with zero attached hydrogens (tertiary/aromatic N) is 1. The van der Waals surface area contributed by atoms with E-state index in [1.165, 1.54) is 30.5 Å². The Balaban J connectivity index is 1.23. The van der Waals surface area contributed by atoms with Crippen LogP contribution in [-0.4, -0.2) is 56.8 Å². The first-order chi connectivity index (χ1) is 18.6. The molecule has 3 aliphatic rings. The van der Waals surface area contributed by atoms with E-state index in [-0.39, 0.29) is 23.5 Å². The molecule has 2 aromatic rings. The molecule has 0 aromatic heterocycles. The van der Waals surface area contributed by atoms with Crippen molar-refractivity contribution in [2.45, 2.75) is 81.8 Å². The van der Waals surface area contributed by atoms with Gasteiger partial charge in [-0.05, 0) is 87.1 Å². The number of fused-ring (bicyclic) bond motifs is 1. The molecule has 2 aromatic carbocycles. The number of benzene rings is 2. The third-order valence-corrected chi connectivity index (χ3v) is 9.35. The maximum Gasteiger partial charge on any atom is 0.220 e. The lowest BCUT2D eigenvalue weighted by molar-refractivity contribution is -0.124. The summed E-state index contributed by atoms with van der Waals surface area (Å²) in [5, 5.41) is 3.44. The Labute approximate surface area is 229 Å². The molecular weight excluding hydrogens is 472 g/mol. The molecule has 1 heterocycles. The van der Waals surface area contributed by atoms with Crippen LogP contribution in [0.15, 0.2) is 54.6 Å². The van der Waals surface area contributed by atoms with Crippen molar-refractivity contribution < 1.29 is 14.3 Å². The number of rotatable bonds is 12. The van der Waals surface area contributed by atoms with E-state index in [4.69, 9.17) is 9.47 Å². The minimum atomic E-state index is -0.0128. The lowest BCUT2D eigenvalue weighted by Crippen LogP contribution is -2.61. The number of ether oxygens (including phenoxy) is 2. The maximum atomic E-state index is 13.0. The van der Waals surface area contributed by atoms with E-state index < -0.39 is 0 Å². The van der Waals surface area contributed by atoms with Crippen molar-refractivity contribution in [1.29, 1.82) is 0 Å². The number of likely N-dealkylation sites (tertiary alicyclic amines) is 1. The zero-order valence-electron chi connectivity index (χ0n) is 23.4. The van der Waals surface area contributed by atoms with Crippen molar-refractivity contribution in [1.82, 2.24) is 10.2 Å². The van der Waals surface area contributed by atoms with Crippen LogP contribution in [0.3, 0.4) is 0 Å². The molecule has 5 nitrogen and oxygen atoms in total. The van der Waals surface area contributed by atoms with Crippen molar-refractivity contribution in [3.8, 4) is 5.75 Å². The molecule has 0 radical (unpaired) electrons. The monoisotopic (exact) mass is 518 g/mol. The Morgan fingerprint density at radius 3 is 2.66 bits per heavy atom. The smallest absolute Gasteiger partial charge is 0.220 e. The summed E-state index contributed by atoms with van der Waals surface area (Å²) < 4.78 is 11.8. The number of amides is 1. The summed E-state index contributed by atoms with van der Waals surface area (Å²) in [6.45, 7) is 3.42. The van der Waals surface area contributed by atoms with Crippen LogP contribution in [-0.2, 0) is 21.4 Å². The van der Waals surface area contributed by atoms with Crippen LogP contribution >= 0.6 is 0 Å². The molecule has 1 N–H and O–H groups in total. The van der Waals surface area contributed by atoms with Gasteiger partial charge in [-0.25, -0.2) is 0 Å². The molecule has 3 fully saturated rings. The number of methoxy groups -OCH3 is 2. The van der Waals surface area contributed by atoms with Gasteiger partial charge in [0.15, 0.2) is 0 Å². The van der Waals surface area contributed by atoms with Gasteiger partial charge in [-0.2, -0.15) is 0 Å². The summed E-state index contributed by atoms with van der Waals surface area (Å²) in [7, 11) is 3.60. The summed E-state index contributed by atoms with van der Waals surface area (Å²) in [5.74, 6) is 2.41. The summed E-state index contributed by atoms with van der Waals surface area (Å²) in [6, 6.07) is 19.4. The first-order valence-corrected chi connectivity index (χ1v) is 14.8. The third-order valence-electron chi connectivity index (χ3n) is 9.35. The summed E-state index contributed by atoms with van der Waals surface area (Å²) >= 11 is 0. The van der Waals surface area contributed by atoms with Crippen LogP contribution in [0, 0.1) is 11.8 Å². The highest BCUT2D eigenvalue weighted by Gasteiger charge is 2.53. The number of carbonyl (C=O) groups is 1. The lowest BCUT2D eigenvalue weighted by atomic mass is 9.57. The number of aryl methyl sites for hydroxylation is 1. The molecule has 1 saturated heterocycles. The van der Waals surface area contributed by atoms with Gasteiger partial charge in [0.25, 0.3) is 0 Å². The first-order valence-electron chi connectivity index (χ1n) is 14.8. The summed E-state index contributed by atoms with van der Waals surface area (Å²) in [4.78, 5) is 15.7. The Kier molecular flexibility index (Phi) is 9.06. The van der Waals surface area contributed by atoms with E-state index >= 15 is 0 Å². The maximum absolute atomic E-state index is 13.0. The minimum absolute atomic E-state index is 0.0128. The van der Waals surface area contributed by atoms with Crippen molar-refractivity contribution in [2.75, 3.05) is 33.9 Å². The van der Waals surface area contributed by atoms with Crippen LogP contribution in [0.2, 0.25) is 0 Å². The summed E-state index contributed by atoms with van der Waals surface area (Å²) in [6.07, 6.45) is 10.7. The second kappa shape index (κ2) is 12.7. The van der Waals surface area contributed by atoms with Crippen molar-refractivity contribution >= 4 is 5.91 Å². The van der Waals surface area contributed by atoms with Gasteiger partial charge < -0.3 is 19.7 Å². The average molecular weight is 519 g/mol. The van der Waals surface area contributed by atoms with Gasteiger partial charge >= 0.3 is 0 Å². The van der Waals surface area contributed by atoms with Gasteiger partial charge in [-0.15, -0.1) is 0 Å². The van der Waals surface area contributed by atoms with E-state index in [1.807, 2.05) is 13.2 Å². The Bertz CT molecular complexity index is 1040. The predicted molar refractivity (Wildman–Crippen MR) is 153 cm³/mol. The van der Waals surface area contributed by atoms with E-state index in [1.54, 1.807) is 7.11 Å². The molecule has 206 valence electrons. The highest BCUT2D eigenvalue weighted by Crippen LogP contribution is 2.51. The van der Waals surface area contributed by atoms with Gasteiger partial charge in [0.1, 0.15) is 5.75 Å². The average Bonchev–Trinajstić information content (AvgIpc) is 3.77. The zero-order valence-corrected chi connectivity index (χ0v) is 23.4. The predicted octanol–water partition coefficient (Wildman–Crippen LogP) is 5.76. The fourth-order valence-corrected chi connectivity index (χ4v) is 7.13. The Morgan fingerprint density at radius 1 is 1.05 bits per heavy atom. The summed E-state index contributed by atoms with van der Waals surface area (Å²) in [5.41, 5.74) is 2.71. The van der Waals surface area contributed by atoms with E-state index in [2.05, 4.69) is 58.7 Å². The third kappa shape index (κ3) is 6.60. The number of carbonyl (C=O) groups excluding carboxylic acids is 1. The van der Waals surface area contributed by atoms with E-state index in [9.17, 15) is 4.79 Å². The normalized spacial score (nSPS) is 27.5.